The summed E-state index contributed by atoms with van der Waals surface area (Å²) in [5, 5.41) is 0. The molecular formula is C32H50O. The van der Waals surface area contributed by atoms with Gasteiger partial charge in [-0.1, -0.05) is 83.1 Å². The highest BCUT2D eigenvalue weighted by molar-refractivity contribution is 5.30. The van der Waals surface area contributed by atoms with Crippen molar-refractivity contribution in [2.75, 3.05) is 6.61 Å². The number of hydrogen-bond donors (Lipinski definition) is 0. The maximum atomic E-state index is 5.67. The van der Waals surface area contributed by atoms with Gasteiger partial charge in [0.2, 0.25) is 0 Å². The van der Waals surface area contributed by atoms with Crippen molar-refractivity contribution in [2.24, 2.45) is 29.6 Å². The van der Waals surface area contributed by atoms with Crippen molar-refractivity contribution in [1.82, 2.24) is 0 Å². The standard InChI is InChI=1S/C32H50O/c1-3-5-6-7-8-9-25-10-12-26(13-11-25)28-14-16-31-24-29(15-17-30(31)23-28)27-18-20-32(21-19-27)33-22-4-2/h4,18-21,25-26,28-31H,2-3,5-17,22-24H2,1H3. The molecule has 4 atom stereocenters. The second-order valence-electron chi connectivity index (χ2n) is 11.8. The molecule has 0 saturated heterocycles. The van der Waals surface area contributed by atoms with Gasteiger partial charge in [-0.25, -0.2) is 0 Å². The Balaban J connectivity index is 1.18. The second kappa shape index (κ2) is 13.0. The molecule has 3 aliphatic carbocycles. The Morgan fingerprint density at radius 3 is 2.12 bits per heavy atom. The molecule has 3 fully saturated rings. The molecule has 0 bridgehead atoms. The predicted octanol–water partition coefficient (Wildman–Crippen LogP) is 9.72. The molecule has 0 spiro atoms. The first kappa shape index (κ1) is 24.9. The summed E-state index contributed by atoms with van der Waals surface area (Å²) >= 11 is 0. The zero-order valence-electron chi connectivity index (χ0n) is 21.5. The van der Waals surface area contributed by atoms with Crippen LogP contribution in [0.25, 0.3) is 0 Å². The molecule has 0 heterocycles. The third kappa shape index (κ3) is 7.12. The highest BCUT2D eigenvalue weighted by atomic mass is 16.5. The molecule has 1 aromatic carbocycles. The van der Waals surface area contributed by atoms with Crippen molar-refractivity contribution in [1.29, 1.82) is 0 Å². The quantitative estimate of drug-likeness (QED) is 0.241. The highest BCUT2D eigenvalue weighted by Crippen LogP contribution is 2.51. The fraction of sp³-hybridized carbons (Fsp3) is 0.750. The Kier molecular flexibility index (Phi) is 9.81. The van der Waals surface area contributed by atoms with Crippen LogP contribution in [-0.2, 0) is 0 Å². The summed E-state index contributed by atoms with van der Waals surface area (Å²) in [6.45, 7) is 6.65. The van der Waals surface area contributed by atoms with Crippen LogP contribution in [0.3, 0.4) is 0 Å². The molecule has 184 valence electrons. The van der Waals surface area contributed by atoms with Gasteiger partial charge in [-0.05, 0) is 105 Å². The number of fused-ring (bicyclic) bond motifs is 1. The Morgan fingerprint density at radius 2 is 1.39 bits per heavy atom. The normalized spacial score (nSPS) is 32.2. The fourth-order valence-electron chi connectivity index (χ4n) is 7.63. The van der Waals surface area contributed by atoms with Crippen molar-refractivity contribution < 1.29 is 4.74 Å². The van der Waals surface area contributed by atoms with Crippen LogP contribution in [0.15, 0.2) is 36.9 Å². The lowest BCUT2D eigenvalue weighted by Gasteiger charge is -2.45. The Labute approximate surface area is 204 Å². The van der Waals surface area contributed by atoms with Crippen LogP contribution in [0.4, 0.5) is 0 Å². The van der Waals surface area contributed by atoms with Gasteiger partial charge in [0.05, 0.1) is 0 Å². The molecule has 33 heavy (non-hydrogen) atoms. The lowest BCUT2D eigenvalue weighted by molar-refractivity contribution is 0.0710. The van der Waals surface area contributed by atoms with Gasteiger partial charge in [-0.2, -0.15) is 0 Å². The number of ether oxygens (including phenoxy) is 1. The summed E-state index contributed by atoms with van der Waals surface area (Å²) in [7, 11) is 0. The maximum Gasteiger partial charge on any atom is 0.119 e. The third-order valence-electron chi connectivity index (χ3n) is 9.65. The van der Waals surface area contributed by atoms with Gasteiger partial charge in [0.15, 0.2) is 0 Å². The first-order chi connectivity index (χ1) is 16.3. The molecule has 0 radical (unpaired) electrons. The van der Waals surface area contributed by atoms with Crippen molar-refractivity contribution in [3.63, 3.8) is 0 Å². The molecule has 1 nitrogen and oxygen atoms in total. The van der Waals surface area contributed by atoms with Gasteiger partial charge < -0.3 is 4.74 Å². The zero-order valence-corrected chi connectivity index (χ0v) is 21.5. The molecule has 0 N–H and O–H groups in total. The lowest BCUT2D eigenvalue weighted by atomic mass is 9.60. The van der Waals surface area contributed by atoms with E-state index < -0.39 is 0 Å². The molecule has 3 aliphatic rings. The van der Waals surface area contributed by atoms with E-state index in [0.29, 0.717) is 6.61 Å². The van der Waals surface area contributed by atoms with Crippen molar-refractivity contribution >= 4 is 0 Å². The maximum absolute atomic E-state index is 5.67. The summed E-state index contributed by atoms with van der Waals surface area (Å²) in [5.74, 6) is 6.91. The number of rotatable bonds is 11. The van der Waals surface area contributed by atoms with Gasteiger partial charge in [0.25, 0.3) is 0 Å². The molecule has 4 unspecified atom stereocenters. The molecule has 1 heteroatoms. The summed E-state index contributed by atoms with van der Waals surface area (Å²) in [5.41, 5.74) is 1.54. The number of hydrogen-bond acceptors (Lipinski definition) is 1. The summed E-state index contributed by atoms with van der Waals surface area (Å²) in [6.07, 6.45) is 25.6. The van der Waals surface area contributed by atoms with Gasteiger partial charge in [-0.3, -0.25) is 0 Å². The van der Waals surface area contributed by atoms with Gasteiger partial charge in [0.1, 0.15) is 12.4 Å². The molecule has 3 saturated carbocycles. The van der Waals surface area contributed by atoms with Crippen LogP contribution < -0.4 is 4.74 Å². The van der Waals surface area contributed by atoms with E-state index in [1.165, 1.54) is 89.0 Å². The van der Waals surface area contributed by atoms with Crippen molar-refractivity contribution in [3.05, 3.63) is 42.5 Å². The van der Waals surface area contributed by atoms with E-state index in [4.69, 9.17) is 4.74 Å². The van der Waals surface area contributed by atoms with E-state index in [9.17, 15) is 0 Å². The Bertz CT molecular complexity index is 683. The van der Waals surface area contributed by atoms with E-state index in [1.807, 2.05) is 6.08 Å². The second-order valence-corrected chi connectivity index (χ2v) is 11.8. The summed E-state index contributed by atoms with van der Waals surface area (Å²) < 4.78 is 5.67. The van der Waals surface area contributed by atoms with Gasteiger partial charge >= 0.3 is 0 Å². The van der Waals surface area contributed by atoms with E-state index in [1.54, 1.807) is 19.3 Å². The highest BCUT2D eigenvalue weighted by Gasteiger charge is 2.39. The molecule has 1 aromatic rings. The van der Waals surface area contributed by atoms with Crippen LogP contribution in [0.2, 0.25) is 0 Å². The lowest BCUT2D eigenvalue weighted by Crippen LogP contribution is -2.34. The van der Waals surface area contributed by atoms with Crippen LogP contribution in [0.1, 0.15) is 121 Å². The first-order valence-electron chi connectivity index (χ1n) is 14.6. The Hall–Kier alpha value is -1.24. The minimum atomic E-state index is 0.592. The molecule has 0 aliphatic heterocycles. The monoisotopic (exact) mass is 450 g/mol. The van der Waals surface area contributed by atoms with Crippen LogP contribution in [-0.4, -0.2) is 6.61 Å². The minimum Gasteiger partial charge on any atom is -0.490 e. The van der Waals surface area contributed by atoms with Crippen LogP contribution >= 0.6 is 0 Å². The summed E-state index contributed by atoms with van der Waals surface area (Å²) in [6, 6.07) is 8.95. The van der Waals surface area contributed by atoms with E-state index in [2.05, 4.69) is 37.8 Å². The smallest absolute Gasteiger partial charge is 0.119 e. The zero-order chi connectivity index (χ0) is 22.9. The van der Waals surface area contributed by atoms with Crippen LogP contribution in [0, 0.1) is 29.6 Å². The van der Waals surface area contributed by atoms with E-state index in [-0.39, 0.29) is 0 Å². The fourth-order valence-corrected chi connectivity index (χ4v) is 7.63. The van der Waals surface area contributed by atoms with Crippen LogP contribution in [0.5, 0.6) is 5.75 Å². The minimum absolute atomic E-state index is 0.592. The van der Waals surface area contributed by atoms with E-state index in [0.717, 1.165) is 41.3 Å². The number of unbranched alkanes of at least 4 members (excludes halogenated alkanes) is 4. The third-order valence-corrected chi connectivity index (χ3v) is 9.65. The van der Waals surface area contributed by atoms with Crippen molar-refractivity contribution in [2.45, 2.75) is 116 Å². The Morgan fingerprint density at radius 1 is 0.758 bits per heavy atom. The topological polar surface area (TPSA) is 9.23 Å². The van der Waals surface area contributed by atoms with Crippen molar-refractivity contribution in [3.8, 4) is 5.75 Å². The molecule has 0 amide bonds. The number of benzene rings is 1. The van der Waals surface area contributed by atoms with Gasteiger partial charge in [-0.15, -0.1) is 0 Å². The SMILES string of the molecule is C=CCOc1ccc(C2CCC3CC(C4CCC(CCCCCCC)CC4)CCC3C2)cc1. The average molecular weight is 451 g/mol. The summed E-state index contributed by atoms with van der Waals surface area (Å²) in [4.78, 5) is 0. The first-order valence-corrected chi connectivity index (χ1v) is 14.6. The van der Waals surface area contributed by atoms with E-state index >= 15 is 0 Å². The molecular weight excluding hydrogens is 400 g/mol. The largest absolute Gasteiger partial charge is 0.490 e. The predicted molar refractivity (Wildman–Crippen MR) is 142 cm³/mol. The molecule has 0 aromatic heterocycles. The average Bonchev–Trinajstić information content (AvgIpc) is 2.87. The van der Waals surface area contributed by atoms with Gasteiger partial charge in [0, 0.05) is 0 Å². The molecule has 4 rings (SSSR count).